The quantitative estimate of drug-likeness (QED) is 0.530. The summed E-state index contributed by atoms with van der Waals surface area (Å²) in [7, 11) is 0. The molecule has 0 aromatic heterocycles. The zero-order valence-corrected chi connectivity index (χ0v) is 16.0. The first-order valence-electron chi connectivity index (χ1n) is 7.51. The average Bonchev–Trinajstić information content (AvgIpc) is 2.60. The van der Waals surface area contributed by atoms with Crippen LogP contribution in [0.3, 0.4) is 0 Å². The lowest BCUT2D eigenvalue weighted by molar-refractivity contribution is 0.0934. The first kappa shape index (κ1) is 20.0. The van der Waals surface area contributed by atoms with E-state index in [1.807, 2.05) is 6.92 Å². The molecule has 0 aliphatic carbocycles. The van der Waals surface area contributed by atoms with Crippen molar-refractivity contribution in [3.63, 3.8) is 0 Å². The van der Waals surface area contributed by atoms with E-state index in [9.17, 15) is 9.59 Å². The molecular formula is C17H15Cl2N3O3S. The third kappa shape index (κ3) is 5.32. The number of carbonyl (C=O) groups is 2. The number of nitrogens with one attached hydrogen (secondary N) is 3. The summed E-state index contributed by atoms with van der Waals surface area (Å²) in [5, 5.41) is 2.98. The molecule has 136 valence electrons. The van der Waals surface area contributed by atoms with Crippen molar-refractivity contribution in [1.82, 2.24) is 16.2 Å². The van der Waals surface area contributed by atoms with Gasteiger partial charge in [0, 0.05) is 5.02 Å². The molecule has 2 aromatic rings. The van der Waals surface area contributed by atoms with E-state index < -0.39 is 11.8 Å². The van der Waals surface area contributed by atoms with Gasteiger partial charge in [0.05, 0.1) is 22.8 Å². The topological polar surface area (TPSA) is 79.5 Å². The number of carbonyl (C=O) groups excluding carboxylic acids is 2. The molecule has 6 nitrogen and oxygen atoms in total. The molecule has 0 atom stereocenters. The molecule has 0 unspecified atom stereocenters. The molecule has 0 aliphatic rings. The summed E-state index contributed by atoms with van der Waals surface area (Å²) >= 11 is 16.8. The van der Waals surface area contributed by atoms with Crippen molar-refractivity contribution in [3.8, 4) is 5.75 Å². The van der Waals surface area contributed by atoms with E-state index in [-0.39, 0.29) is 15.7 Å². The van der Waals surface area contributed by atoms with Crippen LogP contribution in [0.15, 0.2) is 42.5 Å². The highest BCUT2D eigenvalue weighted by atomic mass is 35.5. The van der Waals surface area contributed by atoms with Gasteiger partial charge in [-0.1, -0.05) is 35.3 Å². The fourth-order valence-electron chi connectivity index (χ4n) is 1.99. The molecule has 0 fully saturated rings. The highest BCUT2D eigenvalue weighted by Gasteiger charge is 2.14. The smallest absolute Gasteiger partial charge is 0.271 e. The van der Waals surface area contributed by atoms with Crippen LogP contribution in [-0.4, -0.2) is 23.5 Å². The van der Waals surface area contributed by atoms with Gasteiger partial charge in [-0.25, -0.2) is 0 Å². The van der Waals surface area contributed by atoms with Gasteiger partial charge in [0.2, 0.25) is 0 Å². The predicted octanol–water partition coefficient (Wildman–Crippen LogP) is 3.34. The molecule has 26 heavy (non-hydrogen) atoms. The standard InChI is InChI=1S/C17H15Cl2N3O3S/c1-2-25-14-6-4-3-5-12(14)15(23)20-17(26)22-21-16(24)11-8-7-10(18)9-13(11)19/h3-9H,2H2,1H3,(H,21,24)(H2,20,22,23,26). The van der Waals surface area contributed by atoms with Crippen LogP contribution in [0, 0.1) is 0 Å². The van der Waals surface area contributed by atoms with Crippen molar-refractivity contribution in [1.29, 1.82) is 0 Å². The Balaban J connectivity index is 1.94. The zero-order chi connectivity index (χ0) is 19.1. The molecule has 2 amide bonds. The molecule has 0 radical (unpaired) electrons. The second-order valence-electron chi connectivity index (χ2n) is 4.92. The number of thiocarbonyl (C=S) groups is 1. The van der Waals surface area contributed by atoms with E-state index in [0.29, 0.717) is 22.9 Å². The minimum absolute atomic E-state index is 0.0836. The van der Waals surface area contributed by atoms with Crippen LogP contribution in [-0.2, 0) is 0 Å². The predicted molar refractivity (Wildman–Crippen MR) is 105 cm³/mol. The first-order chi connectivity index (χ1) is 12.4. The van der Waals surface area contributed by atoms with Crippen molar-refractivity contribution >= 4 is 52.3 Å². The average molecular weight is 412 g/mol. The summed E-state index contributed by atoms with van der Waals surface area (Å²) in [6.07, 6.45) is 0. The number of benzene rings is 2. The number of rotatable bonds is 4. The van der Waals surface area contributed by atoms with Crippen molar-refractivity contribution in [2.24, 2.45) is 0 Å². The summed E-state index contributed by atoms with van der Waals surface area (Å²) in [6, 6.07) is 11.2. The Hall–Kier alpha value is -2.35. The summed E-state index contributed by atoms with van der Waals surface area (Å²) in [5.41, 5.74) is 5.33. The van der Waals surface area contributed by atoms with Crippen LogP contribution in [0.4, 0.5) is 0 Å². The number of ether oxygens (including phenoxy) is 1. The fourth-order valence-corrected chi connectivity index (χ4v) is 2.63. The first-order valence-corrected chi connectivity index (χ1v) is 8.67. The Morgan fingerprint density at radius 3 is 2.46 bits per heavy atom. The second-order valence-corrected chi connectivity index (χ2v) is 6.17. The van der Waals surface area contributed by atoms with E-state index in [1.54, 1.807) is 24.3 Å². The molecule has 0 spiro atoms. The number of hydrogen-bond donors (Lipinski definition) is 3. The Kier molecular flexibility index (Phi) is 7.20. The highest BCUT2D eigenvalue weighted by molar-refractivity contribution is 7.80. The van der Waals surface area contributed by atoms with Crippen LogP contribution >= 0.6 is 35.4 Å². The Morgan fingerprint density at radius 2 is 1.77 bits per heavy atom. The molecule has 0 saturated heterocycles. The molecule has 3 N–H and O–H groups in total. The highest BCUT2D eigenvalue weighted by Crippen LogP contribution is 2.20. The van der Waals surface area contributed by atoms with Crippen LogP contribution in [0.1, 0.15) is 27.6 Å². The Bertz CT molecular complexity index is 846. The molecule has 2 rings (SSSR count). The number of halogens is 2. The van der Waals surface area contributed by atoms with Crippen LogP contribution in [0.5, 0.6) is 5.75 Å². The van der Waals surface area contributed by atoms with Crippen molar-refractivity contribution in [3.05, 3.63) is 63.6 Å². The van der Waals surface area contributed by atoms with Gasteiger partial charge in [0.1, 0.15) is 5.75 Å². The summed E-state index contributed by atoms with van der Waals surface area (Å²) in [5.74, 6) is -0.560. The third-order valence-electron chi connectivity index (χ3n) is 3.12. The van der Waals surface area contributed by atoms with E-state index in [0.717, 1.165) is 0 Å². The molecule has 2 aromatic carbocycles. The van der Waals surface area contributed by atoms with Gasteiger partial charge >= 0.3 is 0 Å². The minimum atomic E-state index is -0.530. The van der Waals surface area contributed by atoms with Crippen molar-refractivity contribution in [2.45, 2.75) is 6.92 Å². The Labute approximate surface area is 165 Å². The normalized spacial score (nSPS) is 9.96. The lowest BCUT2D eigenvalue weighted by Gasteiger charge is -2.13. The summed E-state index contributed by atoms with van der Waals surface area (Å²) < 4.78 is 5.40. The minimum Gasteiger partial charge on any atom is -0.493 e. The lowest BCUT2D eigenvalue weighted by atomic mass is 10.2. The molecule has 0 heterocycles. The summed E-state index contributed by atoms with van der Waals surface area (Å²) in [6.45, 7) is 2.24. The summed E-state index contributed by atoms with van der Waals surface area (Å²) in [4.78, 5) is 24.4. The largest absolute Gasteiger partial charge is 0.493 e. The van der Waals surface area contributed by atoms with Crippen LogP contribution in [0.2, 0.25) is 10.0 Å². The number of hydrogen-bond acceptors (Lipinski definition) is 4. The monoisotopic (exact) mass is 411 g/mol. The van der Waals surface area contributed by atoms with E-state index in [4.69, 9.17) is 40.2 Å². The lowest BCUT2D eigenvalue weighted by Crippen LogP contribution is -2.48. The van der Waals surface area contributed by atoms with Crippen molar-refractivity contribution < 1.29 is 14.3 Å². The van der Waals surface area contributed by atoms with Gasteiger partial charge in [0.15, 0.2) is 5.11 Å². The van der Waals surface area contributed by atoms with E-state index >= 15 is 0 Å². The van der Waals surface area contributed by atoms with E-state index in [1.165, 1.54) is 18.2 Å². The van der Waals surface area contributed by atoms with Crippen LogP contribution < -0.4 is 20.9 Å². The third-order valence-corrected chi connectivity index (χ3v) is 3.88. The van der Waals surface area contributed by atoms with Gasteiger partial charge in [0.25, 0.3) is 11.8 Å². The van der Waals surface area contributed by atoms with E-state index in [2.05, 4.69) is 16.2 Å². The maximum absolute atomic E-state index is 12.3. The molecule has 0 aliphatic heterocycles. The zero-order valence-electron chi connectivity index (χ0n) is 13.6. The molecule has 0 saturated carbocycles. The molecular weight excluding hydrogens is 397 g/mol. The van der Waals surface area contributed by atoms with Gasteiger partial charge < -0.3 is 4.74 Å². The van der Waals surface area contributed by atoms with Gasteiger partial charge in [-0.15, -0.1) is 0 Å². The SMILES string of the molecule is CCOc1ccccc1C(=O)NC(=S)NNC(=O)c1ccc(Cl)cc1Cl. The molecule has 0 bridgehead atoms. The maximum atomic E-state index is 12.3. The number of amides is 2. The van der Waals surface area contributed by atoms with Gasteiger partial charge in [-0.05, 0) is 49.5 Å². The van der Waals surface area contributed by atoms with Gasteiger partial charge in [-0.3, -0.25) is 25.8 Å². The Morgan fingerprint density at radius 1 is 1.04 bits per heavy atom. The van der Waals surface area contributed by atoms with Crippen LogP contribution in [0.25, 0.3) is 0 Å². The fraction of sp³-hybridized carbons (Fsp3) is 0.118. The molecule has 9 heteroatoms. The van der Waals surface area contributed by atoms with Crippen molar-refractivity contribution in [2.75, 3.05) is 6.61 Å². The number of para-hydroxylation sites is 1. The second kappa shape index (κ2) is 9.38. The van der Waals surface area contributed by atoms with Gasteiger partial charge in [-0.2, -0.15) is 0 Å². The maximum Gasteiger partial charge on any atom is 0.271 e. The number of hydrazine groups is 1.